The molecule has 0 bridgehead atoms. The molecule has 0 aliphatic carbocycles. The van der Waals surface area contributed by atoms with E-state index in [0.717, 1.165) is 23.4 Å². The second kappa shape index (κ2) is 5.90. The van der Waals surface area contributed by atoms with Crippen molar-refractivity contribution < 1.29 is 14.3 Å². The van der Waals surface area contributed by atoms with Crippen molar-refractivity contribution in [3.05, 3.63) is 41.2 Å². The van der Waals surface area contributed by atoms with Gasteiger partial charge in [0, 0.05) is 24.2 Å². The van der Waals surface area contributed by atoms with Crippen molar-refractivity contribution >= 4 is 5.91 Å². The summed E-state index contributed by atoms with van der Waals surface area (Å²) in [6, 6.07) is 5.60. The van der Waals surface area contributed by atoms with Gasteiger partial charge in [-0.25, -0.2) is 4.68 Å². The van der Waals surface area contributed by atoms with Gasteiger partial charge in [0.05, 0.1) is 37.8 Å². The number of hydrogen-bond donors (Lipinski definition) is 0. The van der Waals surface area contributed by atoms with Crippen LogP contribution >= 0.6 is 0 Å². The lowest BCUT2D eigenvalue weighted by molar-refractivity contribution is -0.0605. The molecule has 7 heteroatoms. The second-order valence-electron chi connectivity index (χ2n) is 6.26. The van der Waals surface area contributed by atoms with E-state index >= 15 is 0 Å². The molecule has 1 aromatic carbocycles. The van der Waals surface area contributed by atoms with E-state index in [4.69, 9.17) is 9.47 Å². The minimum atomic E-state index is 0.0251. The average molecular weight is 328 g/mol. The maximum atomic E-state index is 13.0. The van der Waals surface area contributed by atoms with Gasteiger partial charge >= 0.3 is 0 Å². The summed E-state index contributed by atoms with van der Waals surface area (Å²) >= 11 is 0. The molecule has 1 amide bonds. The highest BCUT2D eigenvalue weighted by Gasteiger charge is 2.38. The minimum Gasteiger partial charge on any atom is -0.496 e. The van der Waals surface area contributed by atoms with Crippen LogP contribution in [0.3, 0.4) is 0 Å². The zero-order valence-electron chi connectivity index (χ0n) is 13.8. The molecule has 0 unspecified atom stereocenters. The third-order valence-electron chi connectivity index (χ3n) is 4.95. The number of carbonyl (C=O) groups excluding carboxylic acids is 1. The van der Waals surface area contributed by atoms with E-state index in [1.807, 2.05) is 34.7 Å². The van der Waals surface area contributed by atoms with Gasteiger partial charge in [-0.3, -0.25) is 4.79 Å². The first-order valence-electron chi connectivity index (χ1n) is 8.12. The number of nitrogens with zero attached hydrogens (tertiary/aromatic N) is 4. The van der Waals surface area contributed by atoms with Gasteiger partial charge in [0.25, 0.3) is 5.91 Å². The number of ether oxygens (including phenoxy) is 2. The molecule has 126 valence electrons. The number of amides is 1. The molecule has 1 aromatic heterocycles. The van der Waals surface area contributed by atoms with Crippen LogP contribution in [0.4, 0.5) is 0 Å². The quantitative estimate of drug-likeness (QED) is 0.837. The molecule has 0 N–H and O–H groups in total. The molecule has 1 fully saturated rings. The van der Waals surface area contributed by atoms with Gasteiger partial charge in [-0.2, -0.15) is 0 Å². The van der Waals surface area contributed by atoms with Crippen LogP contribution in [0.1, 0.15) is 34.1 Å². The molecule has 3 heterocycles. The number of rotatable bonds is 2. The van der Waals surface area contributed by atoms with Crippen molar-refractivity contribution in [1.29, 1.82) is 0 Å². The number of piperidine rings is 1. The second-order valence-corrected chi connectivity index (χ2v) is 6.26. The van der Waals surface area contributed by atoms with Crippen molar-refractivity contribution in [2.45, 2.75) is 32.1 Å². The fourth-order valence-electron chi connectivity index (χ4n) is 3.60. The van der Waals surface area contributed by atoms with Gasteiger partial charge < -0.3 is 14.4 Å². The van der Waals surface area contributed by atoms with Crippen LogP contribution in [-0.2, 0) is 11.3 Å². The van der Waals surface area contributed by atoms with E-state index in [1.165, 1.54) is 0 Å². The van der Waals surface area contributed by atoms with Crippen molar-refractivity contribution in [2.24, 2.45) is 0 Å². The SMILES string of the molecule is COc1cccc(C(=O)N2CC[C@@H]3OCc4cnnn4[C@@H]3C2)c1C. The maximum absolute atomic E-state index is 13.0. The van der Waals surface area contributed by atoms with E-state index in [9.17, 15) is 4.79 Å². The lowest BCUT2D eigenvalue weighted by atomic mass is 9.98. The monoisotopic (exact) mass is 328 g/mol. The van der Waals surface area contributed by atoms with Gasteiger partial charge in [0.2, 0.25) is 0 Å². The Morgan fingerprint density at radius 1 is 1.42 bits per heavy atom. The van der Waals surface area contributed by atoms with Crippen LogP contribution in [0, 0.1) is 6.92 Å². The fourth-order valence-corrected chi connectivity index (χ4v) is 3.60. The molecule has 0 radical (unpaired) electrons. The molecule has 1 saturated heterocycles. The van der Waals surface area contributed by atoms with Crippen molar-refractivity contribution in [3.63, 3.8) is 0 Å². The Morgan fingerprint density at radius 2 is 2.29 bits per heavy atom. The average Bonchev–Trinajstić information content (AvgIpc) is 3.10. The van der Waals surface area contributed by atoms with E-state index in [1.54, 1.807) is 13.3 Å². The lowest BCUT2D eigenvalue weighted by Crippen LogP contribution is -2.50. The van der Waals surface area contributed by atoms with Crippen LogP contribution in [0.2, 0.25) is 0 Å². The predicted octanol–water partition coefficient (Wildman–Crippen LogP) is 1.58. The standard InChI is InChI=1S/C17H20N4O3/c1-11-13(4-3-5-15(11)23-2)17(22)20-7-6-16-14(9-20)21-12(10-24-16)8-18-19-21/h3-5,8,14,16H,6-7,9-10H2,1-2H3/t14-,16+/m1/s1. The van der Waals surface area contributed by atoms with Crippen LogP contribution in [0.5, 0.6) is 5.75 Å². The summed E-state index contributed by atoms with van der Waals surface area (Å²) in [5, 5.41) is 8.15. The molecule has 2 atom stereocenters. The van der Waals surface area contributed by atoms with Crippen LogP contribution in [-0.4, -0.2) is 52.1 Å². The Balaban J connectivity index is 1.60. The first-order chi connectivity index (χ1) is 11.7. The number of aromatic nitrogens is 3. The predicted molar refractivity (Wildman–Crippen MR) is 85.9 cm³/mol. The number of carbonyl (C=O) groups is 1. The maximum Gasteiger partial charge on any atom is 0.254 e. The lowest BCUT2D eigenvalue weighted by Gasteiger charge is -2.41. The number of hydrogen-bond acceptors (Lipinski definition) is 5. The zero-order valence-corrected chi connectivity index (χ0v) is 13.8. The summed E-state index contributed by atoms with van der Waals surface area (Å²) < 4.78 is 13.1. The smallest absolute Gasteiger partial charge is 0.254 e. The molecular weight excluding hydrogens is 308 g/mol. The van der Waals surface area contributed by atoms with Gasteiger partial charge in [-0.15, -0.1) is 5.10 Å². The molecule has 4 rings (SSSR count). The highest BCUT2D eigenvalue weighted by molar-refractivity contribution is 5.96. The van der Waals surface area contributed by atoms with E-state index in [-0.39, 0.29) is 18.1 Å². The normalized spacial score (nSPS) is 22.7. The van der Waals surface area contributed by atoms with Gasteiger partial charge in [0.15, 0.2) is 0 Å². The third kappa shape index (κ3) is 2.36. The van der Waals surface area contributed by atoms with E-state index in [0.29, 0.717) is 25.3 Å². The summed E-state index contributed by atoms with van der Waals surface area (Å²) in [5.41, 5.74) is 2.51. The largest absolute Gasteiger partial charge is 0.496 e. The minimum absolute atomic E-state index is 0.0251. The summed E-state index contributed by atoms with van der Waals surface area (Å²) in [6.07, 6.45) is 2.62. The Kier molecular flexibility index (Phi) is 3.72. The molecule has 0 spiro atoms. The Bertz CT molecular complexity index is 773. The van der Waals surface area contributed by atoms with Crippen molar-refractivity contribution in [3.8, 4) is 5.75 Å². The number of fused-ring (bicyclic) bond motifs is 3. The third-order valence-corrected chi connectivity index (χ3v) is 4.95. The molecule has 2 aliphatic rings. The summed E-state index contributed by atoms with van der Waals surface area (Å²) in [4.78, 5) is 14.9. The molecule has 0 saturated carbocycles. The fraction of sp³-hybridized carbons (Fsp3) is 0.471. The van der Waals surface area contributed by atoms with Gasteiger partial charge in [-0.05, 0) is 25.5 Å². The summed E-state index contributed by atoms with van der Waals surface area (Å²) in [6.45, 7) is 3.71. The Morgan fingerprint density at radius 3 is 3.12 bits per heavy atom. The Labute approximate surface area is 140 Å². The van der Waals surface area contributed by atoms with Crippen LogP contribution in [0.15, 0.2) is 24.4 Å². The zero-order chi connectivity index (χ0) is 16.7. The Hall–Kier alpha value is -2.41. The van der Waals surface area contributed by atoms with Crippen LogP contribution in [0.25, 0.3) is 0 Å². The number of methoxy groups -OCH3 is 1. The molecule has 24 heavy (non-hydrogen) atoms. The van der Waals surface area contributed by atoms with Gasteiger partial charge in [0.1, 0.15) is 5.75 Å². The van der Waals surface area contributed by atoms with E-state index < -0.39 is 0 Å². The molecular formula is C17H20N4O3. The van der Waals surface area contributed by atoms with E-state index in [2.05, 4.69) is 10.3 Å². The molecule has 2 aliphatic heterocycles. The topological polar surface area (TPSA) is 69.5 Å². The first kappa shape index (κ1) is 15.1. The highest BCUT2D eigenvalue weighted by atomic mass is 16.5. The van der Waals surface area contributed by atoms with Gasteiger partial charge in [-0.1, -0.05) is 11.3 Å². The van der Waals surface area contributed by atoms with Crippen LogP contribution < -0.4 is 4.74 Å². The van der Waals surface area contributed by atoms with Crippen molar-refractivity contribution in [1.82, 2.24) is 19.9 Å². The van der Waals surface area contributed by atoms with Crippen molar-refractivity contribution in [2.75, 3.05) is 20.2 Å². The summed E-state index contributed by atoms with van der Waals surface area (Å²) in [5.74, 6) is 0.757. The highest BCUT2D eigenvalue weighted by Crippen LogP contribution is 2.31. The summed E-state index contributed by atoms with van der Waals surface area (Å²) in [7, 11) is 1.62. The molecule has 7 nitrogen and oxygen atoms in total. The first-order valence-corrected chi connectivity index (χ1v) is 8.12. The number of likely N-dealkylation sites (tertiary alicyclic amines) is 1. The molecule has 2 aromatic rings. The number of benzene rings is 1.